The molecule has 0 amide bonds. The molecule has 11 heteroatoms. The molecule has 1 aliphatic heterocycles. The van der Waals surface area contributed by atoms with Crippen molar-refractivity contribution < 1.29 is 23.1 Å². The van der Waals surface area contributed by atoms with E-state index in [1.165, 1.54) is 6.20 Å². The summed E-state index contributed by atoms with van der Waals surface area (Å²) in [7, 11) is 0. The van der Waals surface area contributed by atoms with Crippen LogP contribution >= 0.6 is 11.6 Å². The van der Waals surface area contributed by atoms with E-state index in [4.69, 9.17) is 16.7 Å². The highest BCUT2D eigenvalue weighted by Gasteiger charge is 2.33. The van der Waals surface area contributed by atoms with Crippen LogP contribution in [0.3, 0.4) is 0 Å². The number of carboxylic acids is 1. The van der Waals surface area contributed by atoms with E-state index in [2.05, 4.69) is 20.3 Å². The van der Waals surface area contributed by atoms with Gasteiger partial charge in [0, 0.05) is 25.3 Å². The van der Waals surface area contributed by atoms with Crippen LogP contribution in [0.1, 0.15) is 22.5 Å². The summed E-state index contributed by atoms with van der Waals surface area (Å²) >= 11 is 5.97. The largest absolute Gasteiger partial charge is 0.476 e. The molecule has 0 saturated carbocycles. The van der Waals surface area contributed by atoms with E-state index in [0.29, 0.717) is 25.3 Å². The fraction of sp³-hybridized carbons (Fsp3) is 0.333. The number of pyridine rings is 1. The summed E-state index contributed by atoms with van der Waals surface area (Å²) in [5.41, 5.74) is -1.06. The Balaban J connectivity index is 1.66. The van der Waals surface area contributed by atoms with Gasteiger partial charge >= 0.3 is 12.1 Å². The van der Waals surface area contributed by atoms with Crippen LogP contribution in [0.25, 0.3) is 0 Å². The lowest BCUT2D eigenvalue weighted by molar-refractivity contribution is -0.137. The first kappa shape index (κ1) is 18.2. The molecule has 0 radical (unpaired) electrons. The number of anilines is 2. The van der Waals surface area contributed by atoms with Crippen molar-refractivity contribution in [2.75, 3.05) is 23.3 Å². The van der Waals surface area contributed by atoms with E-state index in [0.717, 1.165) is 18.5 Å². The first-order chi connectivity index (χ1) is 12.2. The summed E-state index contributed by atoms with van der Waals surface area (Å²) in [6, 6.07) is 0.806. The highest BCUT2D eigenvalue weighted by Crippen LogP contribution is 2.34. The Morgan fingerprint density at radius 1 is 1.27 bits per heavy atom. The topological polar surface area (TPSA) is 91.2 Å². The highest BCUT2D eigenvalue weighted by molar-refractivity contribution is 6.33. The van der Waals surface area contributed by atoms with Crippen LogP contribution in [0.5, 0.6) is 0 Å². The quantitative estimate of drug-likeness (QED) is 0.833. The van der Waals surface area contributed by atoms with Crippen molar-refractivity contribution >= 4 is 29.2 Å². The normalized spacial score (nSPS) is 17.4. The third kappa shape index (κ3) is 3.96. The van der Waals surface area contributed by atoms with Gasteiger partial charge in [-0.05, 0) is 12.5 Å². The number of nitrogens with zero attached hydrogens (tertiary/aromatic N) is 4. The molecular formula is C15H13ClF3N5O2. The molecule has 3 rings (SSSR count). The van der Waals surface area contributed by atoms with Crippen molar-refractivity contribution in [3.8, 4) is 0 Å². The molecule has 0 bridgehead atoms. The predicted molar refractivity (Wildman–Crippen MR) is 87.5 cm³/mol. The summed E-state index contributed by atoms with van der Waals surface area (Å²) in [6.45, 7) is 1.01. The van der Waals surface area contributed by atoms with Crippen molar-refractivity contribution in [1.29, 1.82) is 0 Å². The molecule has 26 heavy (non-hydrogen) atoms. The smallest absolute Gasteiger partial charge is 0.417 e. The van der Waals surface area contributed by atoms with Gasteiger partial charge in [-0.25, -0.2) is 19.7 Å². The van der Waals surface area contributed by atoms with Crippen LogP contribution in [-0.4, -0.2) is 45.2 Å². The Morgan fingerprint density at radius 3 is 2.62 bits per heavy atom. The Kier molecular flexibility index (Phi) is 4.86. The average molecular weight is 388 g/mol. The summed E-state index contributed by atoms with van der Waals surface area (Å²) in [4.78, 5) is 24.1. The molecule has 7 nitrogen and oxygen atoms in total. The van der Waals surface area contributed by atoms with Gasteiger partial charge in [-0.3, -0.25) is 0 Å². The van der Waals surface area contributed by atoms with Gasteiger partial charge in [-0.1, -0.05) is 11.6 Å². The first-order valence-electron chi connectivity index (χ1n) is 7.53. The van der Waals surface area contributed by atoms with E-state index in [9.17, 15) is 18.0 Å². The lowest BCUT2D eigenvalue weighted by atomic mass is 10.2. The molecule has 2 aromatic heterocycles. The van der Waals surface area contributed by atoms with Gasteiger partial charge in [0.1, 0.15) is 11.6 Å². The number of hydrogen-bond acceptors (Lipinski definition) is 6. The SMILES string of the molecule is O=C(O)c1cnc(NC2CCN(c3ncc(C(F)(F)F)cc3Cl)C2)cn1. The highest BCUT2D eigenvalue weighted by atomic mass is 35.5. The molecule has 0 aliphatic carbocycles. The number of carbonyl (C=O) groups is 1. The predicted octanol–water partition coefficient (Wildman–Crippen LogP) is 2.93. The number of nitrogens with one attached hydrogen (secondary N) is 1. The number of aromatic carboxylic acids is 1. The minimum Gasteiger partial charge on any atom is -0.476 e. The molecule has 1 aliphatic rings. The number of aromatic nitrogens is 3. The van der Waals surface area contributed by atoms with Gasteiger partial charge in [-0.15, -0.1) is 0 Å². The van der Waals surface area contributed by atoms with Crippen LogP contribution in [0.4, 0.5) is 24.8 Å². The fourth-order valence-corrected chi connectivity index (χ4v) is 2.90. The second-order valence-corrected chi connectivity index (χ2v) is 6.10. The Morgan fingerprint density at radius 2 is 2.04 bits per heavy atom. The van der Waals surface area contributed by atoms with E-state index in [1.807, 2.05) is 0 Å². The third-order valence-electron chi connectivity index (χ3n) is 3.86. The van der Waals surface area contributed by atoms with Crippen LogP contribution in [0.15, 0.2) is 24.7 Å². The molecule has 138 valence electrons. The molecule has 2 N–H and O–H groups in total. The zero-order valence-corrected chi connectivity index (χ0v) is 13.9. The average Bonchev–Trinajstić information content (AvgIpc) is 3.02. The third-order valence-corrected chi connectivity index (χ3v) is 4.14. The summed E-state index contributed by atoms with van der Waals surface area (Å²) < 4.78 is 38.1. The molecule has 3 heterocycles. The molecule has 1 saturated heterocycles. The molecule has 0 spiro atoms. The maximum absolute atomic E-state index is 12.7. The van der Waals surface area contributed by atoms with Gasteiger partial charge in [-0.2, -0.15) is 13.2 Å². The van der Waals surface area contributed by atoms with Crippen LogP contribution in [-0.2, 0) is 6.18 Å². The molecule has 1 unspecified atom stereocenters. The van der Waals surface area contributed by atoms with Crippen molar-refractivity contribution in [3.63, 3.8) is 0 Å². The van der Waals surface area contributed by atoms with Gasteiger partial charge in [0.15, 0.2) is 5.69 Å². The number of hydrogen-bond donors (Lipinski definition) is 2. The first-order valence-corrected chi connectivity index (χ1v) is 7.91. The van der Waals surface area contributed by atoms with Crippen LogP contribution in [0.2, 0.25) is 5.02 Å². The Hall–Kier alpha value is -2.62. The molecule has 1 atom stereocenters. The van der Waals surface area contributed by atoms with Gasteiger partial charge in [0.05, 0.1) is 23.0 Å². The van der Waals surface area contributed by atoms with E-state index in [-0.39, 0.29) is 22.6 Å². The van der Waals surface area contributed by atoms with Crippen LogP contribution < -0.4 is 10.2 Å². The number of carboxylic acid groups (broad SMARTS) is 1. The van der Waals surface area contributed by atoms with E-state index >= 15 is 0 Å². The lowest BCUT2D eigenvalue weighted by Gasteiger charge is -2.20. The van der Waals surface area contributed by atoms with E-state index < -0.39 is 17.7 Å². The monoisotopic (exact) mass is 387 g/mol. The molecule has 0 aromatic carbocycles. The van der Waals surface area contributed by atoms with Crippen LogP contribution in [0, 0.1) is 0 Å². The zero-order chi connectivity index (χ0) is 18.9. The number of halogens is 4. The fourth-order valence-electron chi connectivity index (χ4n) is 2.61. The van der Waals surface area contributed by atoms with Gasteiger partial charge in [0.25, 0.3) is 0 Å². The summed E-state index contributed by atoms with van der Waals surface area (Å²) in [6.07, 6.45) is -0.592. The lowest BCUT2D eigenvalue weighted by Crippen LogP contribution is -2.27. The van der Waals surface area contributed by atoms with Gasteiger partial charge < -0.3 is 15.3 Å². The number of rotatable bonds is 4. The molecule has 1 fully saturated rings. The number of alkyl halides is 3. The maximum atomic E-state index is 12.7. The Labute approximate surface area is 150 Å². The standard InChI is InChI=1S/C15H13ClF3N5O2/c16-10-3-8(15(17,18)19)4-22-13(10)24-2-1-9(7-24)23-12-6-20-11(5-21-12)14(25)26/h3-6,9H,1-2,7H2,(H,21,23)(H,25,26). The molecule has 2 aromatic rings. The summed E-state index contributed by atoms with van der Waals surface area (Å²) in [5.74, 6) is -0.469. The Bertz CT molecular complexity index is 816. The van der Waals surface area contributed by atoms with Crippen molar-refractivity contribution in [1.82, 2.24) is 15.0 Å². The minimum absolute atomic E-state index is 0.0554. The summed E-state index contributed by atoms with van der Waals surface area (Å²) in [5, 5.41) is 11.8. The van der Waals surface area contributed by atoms with Gasteiger partial charge in [0.2, 0.25) is 0 Å². The van der Waals surface area contributed by atoms with Crippen molar-refractivity contribution in [2.24, 2.45) is 0 Å². The second-order valence-electron chi connectivity index (χ2n) is 5.70. The van der Waals surface area contributed by atoms with Crippen molar-refractivity contribution in [3.05, 3.63) is 40.9 Å². The zero-order valence-electron chi connectivity index (χ0n) is 13.2. The minimum atomic E-state index is -4.49. The van der Waals surface area contributed by atoms with Crippen molar-refractivity contribution in [2.45, 2.75) is 18.6 Å². The second kappa shape index (κ2) is 6.94. The molecular weight excluding hydrogens is 375 g/mol. The van der Waals surface area contributed by atoms with E-state index in [1.54, 1.807) is 4.90 Å². The maximum Gasteiger partial charge on any atom is 0.417 e.